The molecule has 2 atom stereocenters. The lowest BCUT2D eigenvalue weighted by Gasteiger charge is -2.31. The summed E-state index contributed by atoms with van der Waals surface area (Å²) in [6, 6.07) is 4.90. The minimum Gasteiger partial charge on any atom is -0.375 e. The number of hydrogen-bond acceptors (Lipinski definition) is 3. The number of hydrogen-bond donors (Lipinski definition) is 1. The second-order valence-corrected chi connectivity index (χ2v) is 6.19. The first-order valence-electron chi connectivity index (χ1n) is 6.58. The summed E-state index contributed by atoms with van der Waals surface area (Å²) in [5.74, 6) is 2.21. The van der Waals surface area contributed by atoms with Crippen LogP contribution in [0.25, 0.3) is 0 Å². The Kier molecular flexibility index (Phi) is 4.71. The molecule has 18 heavy (non-hydrogen) atoms. The van der Waals surface area contributed by atoms with Crippen LogP contribution in [0.5, 0.6) is 0 Å². The van der Waals surface area contributed by atoms with Crippen LogP contribution in [0, 0.1) is 20.8 Å². The van der Waals surface area contributed by atoms with Crippen molar-refractivity contribution in [2.45, 2.75) is 32.9 Å². The Bertz CT molecular complexity index is 413. The average molecular weight is 265 g/mol. The highest BCUT2D eigenvalue weighted by Crippen LogP contribution is 2.29. The predicted molar refractivity (Wildman–Crippen MR) is 79.5 cm³/mol. The van der Waals surface area contributed by atoms with Gasteiger partial charge in [-0.05, 0) is 50.1 Å². The summed E-state index contributed by atoms with van der Waals surface area (Å²) < 4.78 is 5.93. The monoisotopic (exact) mass is 265 g/mol. The first-order chi connectivity index (χ1) is 8.63. The molecule has 1 aromatic rings. The van der Waals surface area contributed by atoms with E-state index in [1.165, 1.54) is 22.3 Å². The number of ether oxygens (including phenoxy) is 1. The molecule has 0 amide bonds. The maximum absolute atomic E-state index is 5.93. The van der Waals surface area contributed by atoms with Crippen molar-refractivity contribution in [3.05, 3.63) is 34.4 Å². The molecule has 100 valence electrons. The molecule has 1 aliphatic rings. The molecular formula is C15H23NOS. The number of aryl methyl sites for hydroxylation is 3. The fraction of sp³-hybridized carbons (Fsp3) is 0.600. The lowest BCUT2D eigenvalue weighted by Crippen LogP contribution is -2.37. The highest BCUT2D eigenvalue weighted by molar-refractivity contribution is 7.99. The molecule has 0 radical (unpaired) electrons. The molecule has 2 rings (SSSR count). The summed E-state index contributed by atoms with van der Waals surface area (Å²) in [6.45, 7) is 7.43. The van der Waals surface area contributed by atoms with E-state index in [9.17, 15) is 0 Å². The maximum Gasteiger partial charge on any atom is 0.0860 e. The van der Waals surface area contributed by atoms with E-state index in [1.807, 2.05) is 18.8 Å². The van der Waals surface area contributed by atoms with Crippen LogP contribution in [0.1, 0.15) is 28.3 Å². The third kappa shape index (κ3) is 2.90. The summed E-state index contributed by atoms with van der Waals surface area (Å²) in [4.78, 5) is 0. The number of rotatable bonds is 3. The quantitative estimate of drug-likeness (QED) is 0.908. The molecule has 0 saturated carbocycles. The molecule has 1 saturated heterocycles. The van der Waals surface area contributed by atoms with E-state index in [-0.39, 0.29) is 6.10 Å². The minimum absolute atomic E-state index is 0.287. The average Bonchev–Trinajstić information content (AvgIpc) is 2.38. The van der Waals surface area contributed by atoms with Crippen molar-refractivity contribution in [2.24, 2.45) is 0 Å². The fourth-order valence-corrected chi connectivity index (χ4v) is 3.46. The maximum atomic E-state index is 5.93. The van der Waals surface area contributed by atoms with E-state index in [1.54, 1.807) is 0 Å². The largest absolute Gasteiger partial charge is 0.375 e. The van der Waals surface area contributed by atoms with Gasteiger partial charge in [0, 0.05) is 11.5 Å². The van der Waals surface area contributed by atoms with Crippen LogP contribution >= 0.6 is 11.8 Å². The van der Waals surface area contributed by atoms with Gasteiger partial charge in [0.2, 0.25) is 0 Å². The summed E-state index contributed by atoms with van der Waals surface area (Å²) in [7, 11) is 2.03. The number of thioether (sulfide) groups is 1. The summed E-state index contributed by atoms with van der Waals surface area (Å²) >= 11 is 1.99. The van der Waals surface area contributed by atoms with Gasteiger partial charge in [-0.1, -0.05) is 12.1 Å². The summed E-state index contributed by atoms with van der Waals surface area (Å²) in [5.41, 5.74) is 5.47. The van der Waals surface area contributed by atoms with Crippen LogP contribution in [0.2, 0.25) is 0 Å². The Hall–Kier alpha value is -0.510. The Balaban J connectivity index is 2.28. The first kappa shape index (κ1) is 13.9. The summed E-state index contributed by atoms with van der Waals surface area (Å²) in [5, 5.41) is 3.44. The second-order valence-electron chi connectivity index (χ2n) is 5.04. The fourth-order valence-electron chi connectivity index (χ4n) is 2.56. The normalized spacial score (nSPS) is 21.9. The first-order valence-corrected chi connectivity index (χ1v) is 7.73. The third-order valence-electron chi connectivity index (χ3n) is 3.74. The molecule has 1 N–H and O–H groups in total. The zero-order valence-electron chi connectivity index (χ0n) is 11.7. The van der Waals surface area contributed by atoms with Gasteiger partial charge in [0.25, 0.3) is 0 Å². The van der Waals surface area contributed by atoms with Gasteiger partial charge >= 0.3 is 0 Å². The molecule has 1 aliphatic heterocycles. The van der Waals surface area contributed by atoms with Gasteiger partial charge < -0.3 is 10.1 Å². The minimum atomic E-state index is 0.287. The Morgan fingerprint density at radius 2 is 1.94 bits per heavy atom. The van der Waals surface area contributed by atoms with Crippen molar-refractivity contribution >= 4 is 11.8 Å². The second kappa shape index (κ2) is 6.09. The van der Waals surface area contributed by atoms with Crippen LogP contribution in [-0.2, 0) is 4.74 Å². The topological polar surface area (TPSA) is 21.3 Å². The lowest BCUT2D eigenvalue weighted by atomic mass is 9.93. The van der Waals surface area contributed by atoms with Crippen molar-refractivity contribution in [2.75, 3.05) is 25.2 Å². The predicted octanol–water partition coefficient (Wildman–Crippen LogP) is 3.00. The smallest absolute Gasteiger partial charge is 0.0860 e. The van der Waals surface area contributed by atoms with Gasteiger partial charge in [0.1, 0.15) is 0 Å². The van der Waals surface area contributed by atoms with Gasteiger partial charge in [-0.15, -0.1) is 0 Å². The zero-order chi connectivity index (χ0) is 13.1. The van der Waals surface area contributed by atoms with Crippen LogP contribution < -0.4 is 5.32 Å². The summed E-state index contributed by atoms with van der Waals surface area (Å²) in [6.07, 6.45) is 0.287. The van der Waals surface area contributed by atoms with Gasteiger partial charge in [-0.3, -0.25) is 0 Å². The van der Waals surface area contributed by atoms with Crippen molar-refractivity contribution in [3.8, 4) is 0 Å². The molecule has 2 unspecified atom stereocenters. The number of benzene rings is 1. The van der Waals surface area contributed by atoms with Crippen molar-refractivity contribution in [1.82, 2.24) is 5.32 Å². The third-order valence-corrected chi connectivity index (χ3v) is 4.76. The van der Waals surface area contributed by atoms with Crippen molar-refractivity contribution < 1.29 is 4.74 Å². The molecule has 1 aromatic carbocycles. The van der Waals surface area contributed by atoms with E-state index >= 15 is 0 Å². The molecule has 1 fully saturated rings. The number of nitrogens with one attached hydrogen (secondary N) is 1. The van der Waals surface area contributed by atoms with E-state index in [0.717, 1.165) is 18.1 Å². The van der Waals surface area contributed by atoms with Crippen LogP contribution in [-0.4, -0.2) is 31.3 Å². The van der Waals surface area contributed by atoms with E-state index in [0.29, 0.717) is 6.04 Å². The van der Waals surface area contributed by atoms with E-state index in [2.05, 4.69) is 38.2 Å². The van der Waals surface area contributed by atoms with Crippen LogP contribution in [0.15, 0.2) is 12.1 Å². The molecule has 0 aliphatic carbocycles. The van der Waals surface area contributed by atoms with Gasteiger partial charge in [0.15, 0.2) is 0 Å². The van der Waals surface area contributed by atoms with Crippen molar-refractivity contribution in [1.29, 1.82) is 0 Å². The van der Waals surface area contributed by atoms with Crippen LogP contribution in [0.4, 0.5) is 0 Å². The molecular weight excluding hydrogens is 242 g/mol. The van der Waals surface area contributed by atoms with Crippen LogP contribution in [0.3, 0.4) is 0 Å². The Labute approximate surface area is 114 Å². The molecule has 0 spiro atoms. The molecule has 0 bridgehead atoms. The standard InChI is InChI=1S/C15H23NOS/c1-10-7-12(3)13(8-11(10)2)15(16-4)14-9-18-6-5-17-14/h7-8,14-16H,5-6,9H2,1-4H3. The Morgan fingerprint density at radius 3 is 2.56 bits per heavy atom. The van der Waals surface area contributed by atoms with Gasteiger partial charge in [-0.25, -0.2) is 0 Å². The van der Waals surface area contributed by atoms with Crippen molar-refractivity contribution in [3.63, 3.8) is 0 Å². The van der Waals surface area contributed by atoms with Gasteiger partial charge in [0.05, 0.1) is 18.8 Å². The highest BCUT2D eigenvalue weighted by Gasteiger charge is 2.26. The Morgan fingerprint density at radius 1 is 1.22 bits per heavy atom. The highest BCUT2D eigenvalue weighted by atomic mass is 32.2. The zero-order valence-corrected chi connectivity index (χ0v) is 12.6. The molecule has 0 aromatic heterocycles. The molecule has 3 heteroatoms. The lowest BCUT2D eigenvalue weighted by molar-refractivity contribution is 0.0487. The number of likely N-dealkylation sites (N-methyl/N-ethyl adjacent to an activating group) is 1. The molecule has 1 heterocycles. The molecule has 2 nitrogen and oxygen atoms in total. The SMILES string of the molecule is CNC(c1cc(C)c(C)cc1C)C1CSCCO1. The van der Waals surface area contributed by atoms with Gasteiger partial charge in [-0.2, -0.15) is 11.8 Å². The van der Waals surface area contributed by atoms with E-state index < -0.39 is 0 Å². The van der Waals surface area contributed by atoms with E-state index in [4.69, 9.17) is 4.74 Å².